The van der Waals surface area contributed by atoms with Crippen LogP contribution >= 0.6 is 10.7 Å². The molecule has 0 N–H and O–H groups in total. The van der Waals surface area contributed by atoms with Crippen LogP contribution in [0.25, 0.3) is 0 Å². The summed E-state index contributed by atoms with van der Waals surface area (Å²) in [4.78, 5) is -0.0199. The van der Waals surface area contributed by atoms with Gasteiger partial charge in [0.15, 0.2) is 9.84 Å². The van der Waals surface area contributed by atoms with Crippen LogP contribution in [0.2, 0.25) is 0 Å². The molecule has 2 heterocycles. The van der Waals surface area contributed by atoms with Crippen LogP contribution in [0.5, 0.6) is 0 Å². The molecule has 1 aromatic rings. The number of sulfone groups is 1. The van der Waals surface area contributed by atoms with Crippen molar-refractivity contribution in [3.8, 4) is 0 Å². The molecule has 0 bridgehead atoms. The van der Waals surface area contributed by atoms with E-state index in [0.29, 0.717) is 17.8 Å². The summed E-state index contributed by atoms with van der Waals surface area (Å²) in [6.45, 7) is 3.13. The molecule has 1 fully saturated rings. The SMILES string of the molecule is Cc1nn([C@@H]2CCS(=O)(=O)C2)c(C)c1S(=O)(=O)Cl. The van der Waals surface area contributed by atoms with Crippen molar-refractivity contribution in [1.29, 1.82) is 0 Å². The highest BCUT2D eigenvalue weighted by Crippen LogP contribution is 2.29. The fourth-order valence-electron chi connectivity index (χ4n) is 2.32. The van der Waals surface area contributed by atoms with Gasteiger partial charge in [-0.1, -0.05) is 0 Å². The van der Waals surface area contributed by atoms with E-state index in [1.807, 2.05) is 0 Å². The van der Waals surface area contributed by atoms with Crippen molar-refractivity contribution in [2.24, 2.45) is 0 Å². The molecule has 6 nitrogen and oxygen atoms in total. The molecule has 0 amide bonds. The Bertz CT molecular complexity index is 690. The maximum Gasteiger partial charge on any atom is 0.264 e. The summed E-state index contributed by atoms with van der Waals surface area (Å²) in [6, 6.07) is -0.305. The summed E-state index contributed by atoms with van der Waals surface area (Å²) in [5.74, 6) is 0.107. The van der Waals surface area contributed by atoms with Gasteiger partial charge in [-0.25, -0.2) is 16.8 Å². The number of aryl methyl sites for hydroxylation is 1. The van der Waals surface area contributed by atoms with Gasteiger partial charge in [0.2, 0.25) is 0 Å². The van der Waals surface area contributed by atoms with Gasteiger partial charge < -0.3 is 0 Å². The highest BCUT2D eigenvalue weighted by molar-refractivity contribution is 8.13. The minimum absolute atomic E-state index is 0.00324. The fourth-order valence-corrected chi connectivity index (χ4v) is 5.53. The van der Waals surface area contributed by atoms with Gasteiger partial charge in [-0.3, -0.25) is 4.68 Å². The average molecular weight is 313 g/mol. The van der Waals surface area contributed by atoms with E-state index >= 15 is 0 Å². The van der Waals surface area contributed by atoms with Crippen LogP contribution in [0, 0.1) is 13.8 Å². The van der Waals surface area contributed by atoms with Crippen LogP contribution in [0.1, 0.15) is 23.9 Å². The van der Waals surface area contributed by atoms with Crippen molar-refractivity contribution in [1.82, 2.24) is 9.78 Å². The van der Waals surface area contributed by atoms with E-state index in [2.05, 4.69) is 5.10 Å². The molecule has 1 atom stereocenters. The zero-order valence-corrected chi connectivity index (χ0v) is 12.3. The normalized spacial score (nSPS) is 23.4. The summed E-state index contributed by atoms with van der Waals surface area (Å²) in [7, 11) is -1.56. The maximum absolute atomic E-state index is 11.4. The highest BCUT2D eigenvalue weighted by atomic mass is 35.7. The lowest BCUT2D eigenvalue weighted by Crippen LogP contribution is -2.14. The first kappa shape index (κ1) is 13.8. The van der Waals surface area contributed by atoms with E-state index < -0.39 is 18.9 Å². The summed E-state index contributed by atoms with van der Waals surface area (Å²) in [5.41, 5.74) is 0.691. The minimum atomic E-state index is -3.86. The summed E-state index contributed by atoms with van der Waals surface area (Å²) >= 11 is 0. The monoisotopic (exact) mass is 312 g/mol. The predicted molar refractivity (Wildman–Crippen MR) is 67.0 cm³/mol. The van der Waals surface area contributed by atoms with Gasteiger partial charge in [0.1, 0.15) is 4.90 Å². The van der Waals surface area contributed by atoms with E-state index in [9.17, 15) is 16.8 Å². The molecule has 18 heavy (non-hydrogen) atoms. The summed E-state index contributed by atoms with van der Waals surface area (Å²) < 4.78 is 47.2. The second-order valence-electron chi connectivity index (χ2n) is 4.44. The molecule has 0 spiro atoms. The second kappa shape index (κ2) is 4.21. The third-order valence-electron chi connectivity index (χ3n) is 3.06. The number of hydrogen-bond donors (Lipinski definition) is 0. The van der Waals surface area contributed by atoms with Crippen molar-refractivity contribution in [2.45, 2.75) is 31.2 Å². The summed E-state index contributed by atoms with van der Waals surface area (Å²) in [5, 5.41) is 4.11. The molecule has 0 aliphatic carbocycles. The van der Waals surface area contributed by atoms with Crippen LogP contribution in [0.3, 0.4) is 0 Å². The van der Waals surface area contributed by atoms with Crippen LogP contribution in [-0.2, 0) is 18.9 Å². The van der Waals surface area contributed by atoms with E-state index in [4.69, 9.17) is 10.7 Å². The van der Waals surface area contributed by atoms with E-state index in [-0.39, 0.29) is 22.4 Å². The Hall–Kier alpha value is -0.600. The second-order valence-corrected chi connectivity index (χ2v) is 9.17. The van der Waals surface area contributed by atoms with Crippen molar-refractivity contribution < 1.29 is 16.8 Å². The molecule has 0 unspecified atom stereocenters. The first-order chi connectivity index (χ1) is 8.12. The maximum atomic E-state index is 11.4. The zero-order valence-electron chi connectivity index (χ0n) is 9.92. The van der Waals surface area contributed by atoms with Gasteiger partial charge >= 0.3 is 0 Å². The average Bonchev–Trinajstić information content (AvgIpc) is 2.65. The zero-order chi connectivity index (χ0) is 13.7. The highest BCUT2D eigenvalue weighted by Gasteiger charge is 2.33. The van der Waals surface area contributed by atoms with Crippen LogP contribution in [0.4, 0.5) is 0 Å². The number of nitrogens with zero attached hydrogens (tertiary/aromatic N) is 2. The number of aromatic nitrogens is 2. The first-order valence-electron chi connectivity index (χ1n) is 5.32. The Labute approximate surface area is 110 Å². The van der Waals surface area contributed by atoms with E-state index in [0.717, 1.165) is 0 Å². The lowest BCUT2D eigenvalue weighted by Gasteiger charge is -2.10. The smallest absolute Gasteiger partial charge is 0.264 e. The molecular formula is C9H13ClN2O4S2. The first-order valence-corrected chi connectivity index (χ1v) is 9.46. The van der Waals surface area contributed by atoms with Gasteiger partial charge in [0.05, 0.1) is 28.9 Å². The van der Waals surface area contributed by atoms with Gasteiger partial charge in [0, 0.05) is 10.7 Å². The van der Waals surface area contributed by atoms with Crippen molar-refractivity contribution in [2.75, 3.05) is 11.5 Å². The standard InChI is InChI=1S/C9H13ClN2O4S2/c1-6-9(18(10,15)16)7(2)12(11-6)8-3-4-17(13,14)5-8/h8H,3-5H2,1-2H3/t8-/m1/s1. The van der Waals surface area contributed by atoms with Gasteiger partial charge in [-0.2, -0.15) is 5.10 Å². The molecule has 1 aliphatic heterocycles. The number of rotatable bonds is 2. The van der Waals surface area contributed by atoms with Gasteiger partial charge in [0.25, 0.3) is 9.05 Å². The number of halogens is 1. The molecule has 0 saturated carbocycles. The molecule has 1 aliphatic rings. The van der Waals surface area contributed by atoms with Gasteiger partial charge in [-0.05, 0) is 20.3 Å². The van der Waals surface area contributed by atoms with Crippen molar-refractivity contribution in [3.05, 3.63) is 11.4 Å². The Morgan fingerprint density at radius 2 is 2.00 bits per heavy atom. The molecule has 2 rings (SSSR count). The van der Waals surface area contributed by atoms with Crippen molar-refractivity contribution >= 4 is 29.6 Å². The molecule has 102 valence electrons. The Balaban J connectivity index is 2.50. The topological polar surface area (TPSA) is 86.1 Å². The van der Waals surface area contributed by atoms with E-state index in [1.54, 1.807) is 13.8 Å². The van der Waals surface area contributed by atoms with Gasteiger partial charge in [-0.15, -0.1) is 0 Å². The predicted octanol–water partition coefficient (Wildman–Crippen LogP) is 0.787. The Kier molecular flexibility index (Phi) is 3.23. The fraction of sp³-hybridized carbons (Fsp3) is 0.667. The molecular weight excluding hydrogens is 300 g/mol. The van der Waals surface area contributed by atoms with E-state index in [1.165, 1.54) is 4.68 Å². The molecule has 0 aromatic carbocycles. The number of hydrogen-bond acceptors (Lipinski definition) is 5. The quantitative estimate of drug-likeness (QED) is 0.753. The molecule has 9 heteroatoms. The third kappa shape index (κ3) is 2.41. The molecule has 1 aromatic heterocycles. The van der Waals surface area contributed by atoms with Crippen LogP contribution < -0.4 is 0 Å². The Morgan fingerprint density at radius 1 is 1.39 bits per heavy atom. The Morgan fingerprint density at radius 3 is 2.39 bits per heavy atom. The molecule has 1 saturated heterocycles. The lowest BCUT2D eigenvalue weighted by atomic mass is 10.2. The molecule has 0 radical (unpaired) electrons. The summed E-state index contributed by atoms with van der Waals surface area (Å²) in [6.07, 6.45) is 0.450. The van der Waals surface area contributed by atoms with Crippen LogP contribution in [0.15, 0.2) is 4.90 Å². The minimum Gasteiger partial charge on any atom is -0.264 e. The third-order valence-corrected chi connectivity index (χ3v) is 6.35. The largest absolute Gasteiger partial charge is 0.264 e. The van der Waals surface area contributed by atoms with Crippen molar-refractivity contribution in [3.63, 3.8) is 0 Å². The lowest BCUT2D eigenvalue weighted by molar-refractivity contribution is 0.484. The van der Waals surface area contributed by atoms with Crippen LogP contribution in [-0.4, -0.2) is 38.1 Å².